The van der Waals surface area contributed by atoms with Crippen LogP contribution in [0.2, 0.25) is 0 Å². The second kappa shape index (κ2) is 7.62. The summed E-state index contributed by atoms with van der Waals surface area (Å²) < 4.78 is 42.5. The van der Waals surface area contributed by atoms with Gasteiger partial charge in [0.25, 0.3) is 5.91 Å². The van der Waals surface area contributed by atoms with Crippen LogP contribution in [0, 0.1) is 5.82 Å². The zero-order valence-corrected chi connectivity index (χ0v) is 16.6. The van der Waals surface area contributed by atoms with Crippen molar-refractivity contribution in [2.75, 3.05) is 5.32 Å². The average Bonchev–Trinajstić information content (AvgIpc) is 2.54. The number of sulfonamides is 1. The molecule has 0 bridgehead atoms. The molecule has 7 heteroatoms. The van der Waals surface area contributed by atoms with Gasteiger partial charge < -0.3 is 5.32 Å². The molecule has 0 saturated carbocycles. The first-order chi connectivity index (χ1) is 12.4. The van der Waals surface area contributed by atoms with E-state index in [2.05, 4.69) is 16.6 Å². The molecule has 0 fully saturated rings. The third-order valence-electron chi connectivity index (χ3n) is 3.53. The van der Waals surface area contributed by atoms with Crippen LogP contribution in [0.25, 0.3) is 11.1 Å². The summed E-state index contributed by atoms with van der Waals surface area (Å²) in [4.78, 5) is 11.7. The molecule has 0 heterocycles. The van der Waals surface area contributed by atoms with Crippen LogP contribution in [0.5, 0.6) is 0 Å². The van der Waals surface area contributed by atoms with Gasteiger partial charge in [0.05, 0.1) is 10.6 Å². The summed E-state index contributed by atoms with van der Waals surface area (Å²) in [6.07, 6.45) is 0. The molecule has 0 aliphatic carbocycles. The van der Waals surface area contributed by atoms with Gasteiger partial charge in [0.2, 0.25) is 10.0 Å². The summed E-state index contributed by atoms with van der Waals surface area (Å²) in [5, 5.41) is 2.42. The molecule has 1 amide bonds. The molecule has 5 nitrogen and oxygen atoms in total. The quantitative estimate of drug-likeness (QED) is 0.755. The first-order valence-corrected chi connectivity index (χ1v) is 9.79. The number of rotatable bonds is 5. The number of hydrogen-bond donors (Lipinski definition) is 2. The maximum absolute atomic E-state index is 14.4. The summed E-state index contributed by atoms with van der Waals surface area (Å²) in [5.41, 5.74) is 0.346. The zero-order valence-electron chi connectivity index (χ0n) is 15.8. The number of carbonyl (C=O) groups is 1. The van der Waals surface area contributed by atoms with Crippen molar-refractivity contribution in [2.24, 2.45) is 0 Å². The van der Waals surface area contributed by atoms with E-state index < -0.39 is 27.3 Å². The van der Waals surface area contributed by atoms with Gasteiger partial charge >= 0.3 is 0 Å². The molecular formula is C20H23FN2O3S. The molecule has 2 aromatic rings. The molecule has 27 heavy (non-hydrogen) atoms. The van der Waals surface area contributed by atoms with Gasteiger partial charge in [-0.05, 0) is 51.5 Å². The summed E-state index contributed by atoms with van der Waals surface area (Å²) in [6.45, 7) is 10.3. The monoisotopic (exact) mass is 390 g/mol. The van der Waals surface area contributed by atoms with Crippen LogP contribution in [-0.2, 0) is 14.8 Å². The van der Waals surface area contributed by atoms with E-state index >= 15 is 0 Å². The van der Waals surface area contributed by atoms with Crippen LogP contribution in [0.4, 0.5) is 10.1 Å². The predicted octanol–water partition coefficient (Wildman–Crippen LogP) is 4.08. The first-order valence-electron chi connectivity index (χ1n) is 8.30. The minimum absolute atomic E-state index is 0.0000882. The number of amides is 1. The lowest BCUT2D eigenvalue weighted by molar-refractivity contribution is -0.112. The van der Waals surface area contributed by atoms with E-state index in [1.807, 2.05) is 0 Å². The molecular weight excluding hydrogens is 367 g/mol. The van der Waals surface area contributed by atoms with Gasteiger partial charge in [-0.25, -0.2) is 17.5 Å². The van der Waals surface area contributed by atoms with E-state index in [-0.39, 0.29) is 16.2 Å². The highest BCUT2D eigenvalue weighted by Crippen LogP contribution is 2.30. The Labute approximate surface area is 159 Å². The number of carbonyl (C=O) groups excluding carboxylic acids is 1. The second-order valence-electron chi connectivity index (χ2n) is 7.28. The molecule has 0 atom stereocenters. The Morgan fingerprint density at radius 2 is 1.74 bits per heavy atom. The van der Waals surface area contributed by atoms with Gasteiger partial charge in [0.1, 0.15) is 5.82 Å². The van der Waals surface area contributed by atoms with Crippen molar-refractivity contribution < 1.29 is 17.6 Å². The summed E-state index contributed by atoms with van der Waals surface area (Å²) in [7, 11) is -3.80. The lowest BCUT2D eigenvalue weighted by atomic mass is 10.0. The van der Waals surface area contributed by atoms with Gasteiger partial charge in [-0.1, -0.05) is 30.8 Å². The van der Waals surface area contributed by atoms with Crippen LogP contribution in [0.15, 0.2) is 59.5 Å². The van der Waals surface area contributed by atoms with E-state index in [1.165, 1.54) is 25.1 Å². The van der Waals surface area contributed by atoms with Gasteiger partial charge in [0.15, 0.2) is 0 Å². The third kappa shape index (κ3) is 5.24. The number of nitrogens with one attached hydrogen (secondary N) is 2. The number of benzene rings is 2. The van der Waals surface area contributed by atoms with Crippen LogP contribution in [0.3, 0.4) is 0 Å². The van der Waals surface area contributed by atoms with Crippen LogP contribution >= 0.6 is 0 Å². The molecule has 2 rings (SSSR count). The highest BCUT2D eigenvalue weighted by Gasteiger charge is 2.25. The smallest absolute Gasteiger partial charge is 0.250 e. The molecule has 0 saturated heterocycles. The third-order valence-corrected chi connectivity index (χ3v) is 5.35. The van der Waals surface area contributed by atoms with E-state index in [0.29, 0.717) is 11.1 Å². The summed E-state index contributed by atoms with van der Waals surface area (Å²) in [5.74, 6) is -1.16. The molecule has 0 aliphatic rings. The van der Waals surface area contributed by atoms with Gasteiger partial charge in [-0.15, -0.1) is 0 Å². The van der Waals surface area contributed by atoms with E-state index in [4.69, 9.17) is 0 Å². The molecule has 0 aromatic heterocycles. The molecule has 0 aliphatic heterocycles. The van der Waals surface area contributed by atoms with Crippen molar-refractivity contribution >= 4 is 21.6 Å². The standard InChI is InChI=1S/C20H23FN2O3S/c1-13(2)19(24)22-17-11-10-14(12-16(17)21)15-8-6-7-9-18(15)27(25,26)23-20(3,4)5/h6-12,23H,1H2,2-5H3,(H,22,24). The fourth-order valence-corrected chi connectivity index (χ4v) is 4.06. The van der Waals surface area contributed by atoms with Crippen molar-refractivity contribution in [3.05, 3.63) is 60.4 Å². The Balaban J connectivity index is 2.47. The molecule has 0 unspecified atom stereocenters. The van der Waals surface area contributed by atoms with Gasteiger partial charge in [-0.3, -0.25) is 4.79 Å². The normalized spacial score (nSPS) is 11.9. The lowest BCUT2D eigenvalue weighted by Gasteiger charge is -2.21. The highest BCUT2D eigenvalue weighted by atomic mass is 32.2. The first kappa shape index (κ1) is 20.8. The van der Waals surface area contributed by atoms with Gasteiger partial charge in [0, 0.05) is 16.7 Å². The van der Waals surface area contributed by atoms with E-state index in [1.54, 1.807) is 45.0 Å². The fraction of sp³-hybridized carbons (Fsp3) is 0.250. The predicted molar refractivity (Wildman–Crippen MR) is 105 cm³/mol. The van der Waals surface area contributed by atoms with Crippen molar-refractivity contribution in [2.45, 2.75) is 38.1 Å². The van der Waals surface area contributed by atoms with E-state index in [9.17, 15) is 17.6 Å². The van der Waals surface area contributed by atoms with E-state index in [0.717, 1.165) is 0 Å². The SMILES string of the molecule is C=C(C)C(=O)Nc1ccc(-c2ccccc2S(=O)(=O)NC(C)(C)C)cc1F. The number of hydrogen-bond acceptors (Lipinski definition) is 3. The average molecular weight is 390 g/mol. The van der Waals surface area contributed by atoms with Crippen molar-refractivity contribution in [1.29, 1.82) is 0 Å². The number of anilines is 1. The molecule has 0 spiro atoms. The summed E-state index contributed by atoms with van der Waals surface area (Å²) in [6, 6.07) is 10.5. The zero-order chi connectivity index (χ0) is 20.4. The largest absolute Gasteiger partial charge is 0.320 e. The minimum atomic E-state index is -3.80. The Kier molecular flexibility index (Phi) is 5.87. The molecule has 144 valence electrons. The highest BCUT2D eigenvalue weighted by molar-refractivity contribution is 7.89. The molecule has 0 radical (unpaired) electrons. The maximum Gasteiger partial charge on any atom is 0.250 e. The maximum atomic E-state index is 14.4. The second-order valence-corrected chi connectivity index (χ2v) is 8.93. The molecule has 2 aromatic carbocycles. The Hall–Kier alpha value is -2.51. The van der Waals surface area contributed by atoms with Gasteiger partial charge in [-0.2, -0.15) is 0 Å². The van der Waals surface area contributed by atoms with Crippen molar-refractivity contribution in [1.82, 2.24) is 4.72 Å². The van der Waals surface area contributed by atoms with Crippen LogP contribution in [0.1, 0.15) is 27.7 Å². The summed E-state index contributed by atoms with van der Waals surface area (Å²) >= 11 is 0. The van der Waals surface area contributed by atoms with Crippen molar-refractivity contribution in [3.8, 4) is 11.1 Å². The van der Waals surface area contributed by atoms with Crippen LogP contribution in [-0.4, -0.2) is 19.9 Å². The Bertz CT molecular complexity index is 993. The molecule has 2 N–H and O–H groups in total. The van der Waals surface area contributed by atoms with Crippen LogP contribution < -0.4 is 10.0 Å². The minimum Gasteiger partial charge on any atom is -0.320 e. The Morgan fingerprint density at radius 1 is 1.11 bits per heavy atom. The topological polar surface area (TPSA) is 75.3 Å². The van der Waals surface area contributed by atoms with Crippen molar-refractivity contribution in [3.63, 3.8) is 0 Å². The number of halogens is 1. The Morgan fingerprint density at radius 3 is 2.30 bits per heavy atom. The fourth-order valence-electron chi connectivity index (χ4n) is 2.41. The lowest BCUT2D eigenvalue weighted by Crippen LogP contribution is -2.40.